The summed E-state index contributed by atoms with van der Waals surface area (Å²) in [6.45, 7) is 4.34. The molecule has 1 rings (SSSR count). The molecule has 0 bridgehead atoms. The highest BCUT2D eigenvalue weighted by Gasteiger charge is 2.19. The summed E-state index contributed by atoms with van der Waals surface area (Å²) in [5, 5.41) is 3.42. The first-order valence-corrected chi connectivity index (χ1v) is 4.05. The van der Waals surface area contributed by atoms with Crippen LogP contribution in [-0.4, -0.2) is 26.3 Å². The summed E-state index contributed by atoms with van der Waals surface area (Å²) >= 11 is 0. The van der Waals surface area contributed by atoms with Crippen LogP contribution in [0, 0.1) is 5.92 Å². The zero-order chi connectivity index (χ0) is 7.40. The molecule has 0 spiro atoms. The Morgan fingerprint density at radius 1 is 1.60 bits per heavy atom. The maximum atomic E-state index is 5.01. The fraction of sp³-hybridized carbons (Fsp3) is 1.00. The molecule has 60 valence electrons. The van der Waals surface area contributed by atoms with Crippen molar-refractivity contribution in [1.29, 1.82) is 0 Å². The summed E-state index contributed by atoms with van der Waals surface area (Å²) in [6.07, 6.45) is 2.54. The van der Waals surface area contributed by atoms with Crippen molar-refractivity contribution in [2.75, 3.05) is 20.3 Å². The number of nitrogens with one attached hydrogen (secondary N) is 1. The minimum Gasteiger partial charge on any atom is -0.385 e. The summed E-state index contributed by atoms with van der Waals surface area (Å²) in [7, 11) is 1.77. The quantitative estimate of drug-likeness (QED) is 0.637. The molecule has 0 saturated carbocycles. The lowest BCUT2D eigenvalue weighted by Crippen LogP contribution is -2.16. The van der Waals surface area contributed by atoms with Crippen LogP contribution >= 0.6 is 0 Å². The van der Waals surface area contributed by atoms with E-state index in [1.54, 1.807) is 7.11 Å². The monoisotopic (exact) mass is 143 g/mol. The number of methoxy groups -OCH3 is 1. The maximum Gasteiger partial charge on any atom is 0.0465 e. The molecule has 0 aromatic rings. The van der Waals surface area contributed by atoms with Crippen LogP contribution in [0.25, 0.3) is 0 Å². The van der Waals surface area contributed by atoms with Crippen molar-refractivity contribution in [3.8, 4) is 0 Å². The molecule has 1 saturated heterocycles. The van der Waals surface area contributed by atoms with E-state index in [1.165, 1.54) is 19.4 Å². The third-order valence-electron chi connectivity index (χ3n) is 2.17. The first-order valence-electron chi connectivity index (χ1n) is 4.05. The molecule has 1 aliphatic rings. The Labute approximate surface area is 63.0 Å². The molecule has 0 radical (unpaired) electrons. The summed E-state index contributed by atoms with van der Waals surface area (Å²) < 4.78 is 5.01. The van der Waals surface area contributed by atoms with Gasteiger partial charge >= 0.3 is 0 Å². The van der Waals surface area contributed by atoms with Crippen LogP contribution in [0.15, 0.2) is 0 Å². The van der Waals surface area contributed by atoms with Gasteiger partial charge in [0, 0.05) is 19.8 Å². The van der Waals surface area contributed by atoms with Crippen LogP contribution in [-0.2, 0) is 4.74 Å². The van der Waals surface area contributed by atoms with Gasteiger partial charge in [0.1, 0.15) is 0 Å². The highest BCUT2D eigenvalue weighted by atomic mass is 16.5. The van der Waals surface area contributed by atoms with Crippen molar-refractivity contribution in [3.05, 3.63) is 0 Å². The second kappa shape index (κ2) is 3.94. The molecule has 0 aliphatic carbocycles. The van der Waals surface area contributed by atoms with E-state index in [9.17, 15) is 0 Å². The molecule has 10 heavy (non-hydrogen) atoms. The zero-order valence-electron chi connectivity index (χ0n) is 6.89. The van der Waals surface area contributed by atoms with Crippen LogP contribution in [0.5, 0.6) is 0 Å². The molecule has 2 unspecified atom stereocenters. The molecule has 1 aliphatic heterocycles. The number of ether oxygens (including phenoxy) is 1. The molecule has 0 amide bonds. The topological polar surface area (TPSA) is 21.3 Å². The summed E-state index contributed by atoms with van der Waals surface area (Å²) in [4.78, 5) is 0. The van der Waals surface area contributed by atoms with Crippen molar-refractivity contribution in [2.24, 2.45) is 5.92 Å². The highest BCUT2D eigenvalue weighted by molar-refractivity contribution is 4.77. The van der Waals surface area contributed by atoms with E-state index >= 15 is 0 Å². The van der Waals surface area contributed by atoms with Gasteiger partial charge < -0.3 is 10.1 Å². The molecule has 1 heterocycles. The fourth-order valence-corrected chi connectivity index (χ4v) is 1.54. The van der Waals surface area contributed by atoms with E-state index in [-0.39, 0.29) is 0 Å². The zero-order valence-corrected chi connectivity index (χ0v) is 6.89. The lowest BCUT2D eigenvalue weighted by molar-refractivity contribution is 0.180. The molecule has 2 atom stereocenters. The Hall–Kier alpha value is -0.0800. The summed E-state index contributed by atoms with van der Waals surface area (Å²) in [5.74, 6) is 0.856. The van der Waals surface area contributed by atoms with Crippen LogP contribution in [0.3, 0.4) is 0 Å². The van der Waals surface area contributed by atoms with Crippen molar-refractivity contribution in [2.45, 2.75) is 25.8 Å². The van der Waals surface area contributed by atoms with E-state index in [2.05, 4.69) is 12.2 Å². The first kappa shape index (κ1) is 8.02. The highest BCUT2D eigenvalue weighted by Crippen LogP contribution is 2.16. The molecular formula is C8H17NO. The Balaban J connectivity index is 2.06. The normalized spacial score (nSPS) is 33.0. The van der Waals surface area contributed by atoms with Crippen molar-refractivity contribution in [1.82, 2.24) is 5.32 Å². The fourth-order valence-electron chi connectivity index (χ4n) is 1.54. The number of hydrogen-bond acceptors (Lipinski definition) is 2. The van der Waals surface area contributed by atoms with Crippen LogP contribution in [0.4, 0.5) is 0 Å². The number of hydrogen-bond donors (Lipinski definition) is 1. The average Bonchev–Trinajstić information content (AvgIpc) is 2.31. The molecule has 0 aromatic heterocycles. The van der Waals surface area contributed by atoms with Gasteiger partial charge in [0.05, 0.1) is 0 Å². The van der Waals surface area contributed by atoms with Gasteiger partial charge in [-0.25, -0.2) is 0 Å². The third kappa shape index (κ3) is 2.27. The molecular weight excluding hydrogens is 126 g/mol. The molecule has 2 heteroatoms. The second-order valence-electron chi connectivity index (χ2n) is 3.19. The largest absolute Gasteiger partial charge is 0.385 e. The summed E-state index contributed by atoms with van der Waals surface area (Å²) in [6, 6.07) is 0.724. The maximum absolute atomic E-state index is 5.01. The van der Waals surface area contributed by atoms with E-state index in [1.807, 2.05) is 0 Å². The van der Waals surface area contributed by atoms with Gasteiger partial charge in [0.25, 0.3) is 0 Å². The number of rotatable bonds is 3. The van der Waals surface area contributed by atoms with Crippen LogP contribution in [0.1, 0.15) is 19.8 Å². The molecule has 1 N–H and O–H groups in total. The summed E-state index contributed by atoms with van der Waals surface area (Å²) in [5.41, 5.74) is 0. The smallest absolute Gasteiger partial charge is 0.0465 e. The van der Waals surface area contributed by atoms with Crippen molar-refractivity contribution in [3.63, 3.8) is 0 Å². The average molecular weight is 143 g/mol. The van der Waals surface area contributed by atoms with Gasteiger partial charge in [-0.15, -0.1) is 0 Å². The van der Waals surface area contributed by atoms with Crippen LogP contribution < -0.4 is 5.32 Å². The van der Waals surface area contributed by atoms with Gasteiger partial charge in [-0.1, -0.05) is 0 Å². The minimum absolute atomic E-state index is 0.724. The standard InChI is InChI=1S/C8H17NO/c1-7-5-8(6-9-7)3-4-10-2/h7-9H,3-6H2,1-2H3. The van der Waals surface area contributed by atoms with Crippen molar-refractivity contribution >= 4 is 0 Å². The minimum atomic E-state index is 0.724. The Morgan fingerprint density at radius 3 is 2.90 bits per heavy atom. The molecule has 1 fully saturated rings. The van der Waals surface area contributed by atoms with E-state index in [4.69, 9.17) is 4.74 Å². The Bertz CT molecular complexity index is 95.3. The lowest BCUT2D eigenvalue weighted by Gasteiger charge is -2.05. The van der Waals surface area contributed by atoms with E-state index in [0.29, 0.717) is 0 Å². The Kier molecular flexibility index (Phi) is 3.16. The van der Waals surface area contributed by atoms with E-state index < -0.39 is 0 Å². The van der Waals surface area contributed by atoms with Crippen LogP contribution in [0.2, 0.25) is 0 Å². The predicted molar refractivity (Wildman–Crippen MR) is 42.1 cm³/mol. The van der Waals surface area contributed by atoms with E-state index in [0.717, 1.165) is 18.6 Å². The lowest BCUT2D eigenvalue weighted by atomic mass is 10.0. The molecule has 2 nitrogen and oxygen atoms in total. The SMILES string of the molecule is COCCC1CNC(C)C1. The van der Waals surface area contributed by atoms with Gasteiger partial charge in [0.15, 0.2) is 0 Å². The van der Waals surface area contributed by atoms with Gasteiger partial charge in [0.2, 0.25) is 0 Å². The third-order valence-corrected chi connectivity index (χ3v) is 2.17. The first-order chi connectivity index (χ1) is 4.83. The van der Waals surface area contributed by atoms with Crippen molar-refractivity contribution < 1.29 is 4.74 Å². The molecule has 0 aromatic carbocycles. The predicted octanol–water partition coefficient (Wildman–Crippen LogP) is 1.02. The Morgan fingerprint density at radius 2 is 2.40 bits per heavy atom. The van der Waals surface area contributed by atoms with Gasteiger partial charge in [-0.05, 0) is 32.2 Å². The van der Waals surface area contributed by atoms with Gasteiger partial charge in [-0.3, -0.25) is 0 Å². The van der Waals surface area contributed by atoms with Gasteiger partial charge in [-0.2, -0.15) is 0 Å². The second-order valence-corrected chi connectivity index (χ2v) is 3.19.